The Balaban J connectivity index is 0.00000144. The van der Waals surface area contributed by atoms with Gasteiger partial charge in [0.1, 0.15) is 5.75 Å². The van der Waals surface area contributed by atoms with Crippen molar-refractivity contribution in [1.29, 1.82) is 0 Å². The molecule has 0 aliphatic heterocycles. The second kappa shape index (κ2) is 5.05. The van der Waals surface area contributed by atoms with Crippen LogP contribution in [0.15, 0.2) is 16.6 Å². The van der Waals surface area contributed by atoms with Crippen LogP contribution >= 0.6 is 39.9 Å². The zero-order valence-electron chi connectivity index (χ0n) is 6.92. The molecule has 1 atom stereocenters. The molecule has 5 heteroatoms. The third-order valence-corrected chi connectivity index (χ3v) is 2.54. The summed E-state index contributed by atoms with van der Waals surface area (Å²) < 4.78 is 0.610. The predicted molar refractivity (Wildman–Crippen MR) is 60.7 cm³/mol. The van der Waals surface area contributed by atoms with Crippen molar-refractivity contribution >= 4 is 39.9 Å². The Morgan fingerprint density at radius 1 is 1.54 bits per heavy atom. The summed E-state index contributed by atoms with van der Waals surface area (Å²) in [6.45, 7) is 1.77. The predicted octanol–water partition coefficient (Wildman–Crippen LogP) is 3.25. The molecule has 0 heterocycles. The fraction of sp³-hybridized carbons (Fsp3) is 0.250. The summed E-state index contributed by atoms with van der Waals surface area (Å²) in [4.78, 5) is 0. The standard InChI is InChI=1S/C8H9BrClNO.ClH/c1-4(11)7-6(10)3-2-5(9)8(7)12;/h2-4,12H,11H2,1H3;1H/t4-;/m1./s1. The SMILES string of the molecule is C[C@@H](N)c1c(Cl)ccc(Br)c1O.Cl. The minimum Gasteiger partial charge on any atom is -0.506 e. The van der Waals surface area contributed by atoms with E-state index in [-0.39, 0.29) is 24.2 Å². The molecule has 2 nitrogen and oxygen atoms in total. The van der Waals surface area contributed by atoms with Gasteiger partial charge in [0.25, 0.3) is 0 Å². The van der Waals surface area contributed by atoms with Gasteiger partial charge in [0.15, 0.2) is 0 Å². The summed E-state index contributed by atoms with van der Waals surface area (Å²) in [6.07, 6.45) is 0. The average molecular weight is 287 g/mol. The number of rotatable bonds is 1. The Hall–Kier alpha value is 0.0400. The van der Waals surface area contributed by atoms with E-state index in [1.54, 1.807) is 19.1 Å². The Kier molecular flexibility index (Phi) is 5.07. The van der Waals surface area contributed by atoms with Crippen molar-refractivity contribution in [2.24, 2.45) is 5.73 Å². The fourth-order valence-electron chi connectivity index (χ4n) is 0.990. The number of nitrogens with two attached hydrogens (primary N) is 1. The molecule has 0 amide bonds. The first-order valence-corrected chi connectivity index (χ1v) is 4.63. The summed E-state index contributed by atoms with van der Waals surface area (Å²) >= 11 is 9.02. The van der Waals surface area contributed by atoms with E-state index >= 15 is 0 Å². The number of halogens is 3. The maximum absolute atomic E-state index is 9.54. The summed E-state index contributed by atoms with van der Waals surface area (Å²) in [5.74, 6) is 0.123. The molecule has 0 aliphatic rings. The zero-order chi connectivity index (χ0) is 9.30. The first-order chi connectivity index (χ1) is 5.54. The maximum Gasteiger partial charge on any atom is 0.136 e. The molecule has 1 aromatic carbocycles. The molecule has 0 radical (unpaired) electrons. The normalized spacial score (nSPS) is 12.0. The highest BCUT2D eigenvalue weighted by Crippen LogP contribution is 2.36. The van der Waals surface area contributed by atoms with E-state index in [1.165, 1.54) is 0 Å². The Morgan fingerprint density at radius 3 is 2.46 bits per heavy atom. The van der Waals surface area contributed by atoms with Gasteiger partial charge in [-0.25, -0.2) is 0 Å². The van der Waals surface area contributed by atoms with Gasteiger partial charge in [-0.05, 0) is 35.0 Å². The van der Waals surface area contributed by atoms with Crippen LogP contribution in [-0.2, 0) is 0 Å². The van der Waals surface area contributed by atoms with Crippen LogP contribution in [0.2, 0.25) is 5.02 Å². The van der Waals surface area contributed by atoms with Crippen LogP contribution in [0.25, 0.3) is 0 Å². The molecule has 0 aliphatic carbocycles. The van der Waals surface area contributed by atoms with E-state index in [0.717, 1.165) is 0 Å². The van der Waals surface area contributed by atoms with E-state index in [0.29, 0.717) is 15.1 Å². The molecule has 13 heavy (non-hydrogen) atoms. The van der Waals surface area contributed by atoms with Crippen molar-refractivity contribution in [3.63, 3.8) is 0 Å². The summed E-state index contributed by atoms with van der Waals surface area (Å²) in [6, 6.07) is 3.11. The summed E-state index contributed by atoms with van der Waals surface area (Å²) in [5, 5.41) is 10.0. The van der Waals surface area contributed by atoms with Gasteiger partial charge in [0, 0.05) is 16.6 Å². The lowest BCUT2D eigenvalue weighted by molar-refractivity contribution is 0.460. The second-order valence-corrected chi connectivity index (χ2v) is 3.84. The third kappa shape index (κ3) is 2.74. The Morgan fingerprint density at radius 2 is 2.08 bits per heavy atom. The van der Waals surface area contributed by atoms with Crippen molar-refractivity contribution < 1.29 is 5.11 Å². The maximum atomic E-state index is 9.54. The number of benzene rings is 1. The van der Waals surface area contributed by atoms with Crippen molar-refractivity contribution in [3.8, 4) is 5.75 Å². The van der Waals surface area contributed by atoms with Gasteiger partial charge in [0.05, 0.1) is 4.47 Å². The van der Waals surface area contributed by atoms with Crippen LogP contribution in [0.4, 0.5) is 0 Å². The lowest BCUT2D eigenvalue weighted by Crippen LogP contribution is -2.06. The van der Waals surface area contributed by atoms with Crippen LogP contribution < -0.4 is 5.73 Å². The van der Waals surface area contributed by atoms with E-state index in [1.807, 2.05) is 0 Å². The number of aromatic hydroxyl groups is 1. The molecular formula is C8H10BrCl2NO. The molecule has 0 aromatic heterocycles. The highest BCUT2D eigenvalue weighted by atomic mass is 79.9. The average Bonchev–Trinajstić information content (AvgIpc) is 1.97. The Labute approximate surface area is 96.6 Å². The van der Waals surface area contributed by atoms with Gasteiger partial charge in [-0.1, -0.05) is 11.6 Å². The van der Waals surface area contributed by atoms with Crippen LogP contribution in [0.1, 0.15) is 18.5 Å². The molecule has 74 valence electrons. The lowest BCUT2D eigenvalue weighted by atomic mass is 10.1. The van der Waals surface area contributed by atoms with Gasteiger partial charge in [-0.3, -0.25) is 0 Å². The van der Waals surface area contributed by atoms with E-state index in [9.17, 15) is 5.11 Å². The second-order valence-electron chi connectivity index (χ2n) is 2.58. The molecule has 0 unspecified atom stereocenters. The topological polar surface area (TPSA) is 46.2 Å². The first-order valence-electron chi connectivity index (χ1n) is 3.46. The largest absolute Gasteiger partial charge is 0.506 e. The molecular weight excluding hydrogens is 277 g/mol. The van der Waals surface area contributed by atoms with Crippen LogP contribution in [0.5, 0.6) is 5.75 Å². The molecule has 0 spiro atoms. The summed E-state index contributed by atoms with van der Waals surface area (Å²) in [5.41, 5.74) is 6.19. The highest BCUT2D eigenvalue weighted by molar-refractivity contribution is 9.10. The number of phenols is 1. The molecule has 3 N–H and O–H groups in total. The van der Waals surface area contributed by atoms with Crippen LogP contribution in [0, 0.1) is 0 Å². The molecule has 0 bridgehead atoms. The fourth-order valence-corrected chi connectivity index (χ4v) is 1.66. The van der Waals surface area contributed by atoms with Gasteiger partial charge in [-0.2, -0.15) is 0 Å². The van der Waals surface area contributed by atoms with Crippen molar-refractivity contribution in [1.82, 2.24) is 0 Å². The minimum absolute atomic E-state index is 0. The molecule has 1 rings (SSSR count). The lowest BCUT2D eigenvalue weighted by Gasteiger charge is -2.11. The number of phenolic OH excluding ortho intramolecular Hbond substituents is 1. The van der Waals surface area contributed by atoms with Crippen molar-refractivity contribution in [2.45, 2.75) is 13.0 Å². The zero-order valence-corrected chi connectivity index (χ0v) is 10.1. The summed E-state index contributed by atoms with van der Waals surface area (Å²) in [7, 11) is 0. The van der Waals surface area contributed by atoms with Crippen molar-refractivity contribution in [3.05, 3.63) is 27.2 Å². The third-order valence-electron chi connectivity index (χ3n) is 1.57. The molecule has 0 saturated carbocycles. The van der Waals surface area contributed by atoms with Gasteiger partial charge in [0.2, 0.25) is 0 Å². The Bertz CT molecular complexity index is 304. The highest BCUT2D eigenvalue weighted by Gasteiger charge is 2.12. The van der Waals surface area contributed by atoms with E-state index in [4.69, 9.17) is 17.3 Å². The van der Waals surface area contributed by atoms with E-state index < -0.39 is 0 Å². The monoisotopic (exact) mass is 285 g/mol. The van der Waals surface area contributed by atoms with Gasteiger partial charge >= 0.3 is 0 Å². The first kappa shape index (κ1) is 13.0. The number of hydrogen-bond acceptors (Lipinski definition) is 2. The quantitative estimate of drug-likeness (QED) is 0.832. The van der Waals surface area contributed by atoms with Gasteiger partial charge in [-0.15, -0.1) is 12.4 Å². The molecule has 0 fully saturated rings. The minimum atomic E-state index is -0.269. The van der Waals surface area contributed by atoms with Crippen LogP contribution in [-0.4, -0.2) is 5.11 Å². The molecule has 1 aromatic rings. The van der Waals surface area contributed by atoms with Crippen LogP contribution in [0.3, 0.4) is 0 Å². The van der Waals surface area contributed by atoms with Crippen molar-refractivity contribution in [2.75, 3.05) is 0 Å². The smallest absolute Gasteiger partial charge is 0.136 e. The molecule has 0 saturated heterocycles. The van der Waals surface area contributed by atoms with Gasteiger partial charge < -0.3 is 10.8 Å². The van der Waals surface area contributed by atoms with E-state index in [2.05, 4.69) is 15.9 Å². The number of hydrogen-bond donors (Lipinski definition) is 2.